The van der Waals surface area contributed by atoms with Crippen LogP contribution in [0.1, 0.15) is 26.3 Å². The third-order valence-corrected chi connectivity index (χ3v) is 7.47. The van der Waals surface area contributed by atoms with Crippen LogP contribution in [-0.2, 0) is 27.6 Å². The normalized spacial score (nSPS) is 21.1. The molecule has 0 aromatic heterocycles. The maximum absolute atomic E-state index is 5.52. The van der Waals surface area contributed by atoms with Crippen molar-refractivity contribution in [2.75, 3.05) is 7.11 Å². The summed E-state index contributed by atoms with van der Waals surface area (Å²) in [4.78, 5) is 0. The van der Waals surface area contributed by atoms with E-state index in [0.717, 1.165) is 5.75 Å². The molecule has 111 valence electrons. The van der Waals surface area contributed by atoms with Crippen molar-refractivity contribution in [3.05, 3.63) is 41.0 Å². The van der Waals surface area contributed by atoms with Gasteiger partial charge in [-0.3, -0.25) is 0 Å². The molecule has 0 spiro atoms. The fraction of sp³-hybridized carbons (Fsp3) is 0.357. The molecule has 1 nitrogen and oxygen atoms in total. The summed E-state index contributed by atoms with van der Waals surface area (Å²) in [6, 6.07) is 8.41. The van der Waals surface area contributed by atoms with E-state index in [1.807, 2.05) is 6.07 Å². The molecule has 1 heterocycles. The molecular formula is C14H19Cl3OPZr. The number of hydrogen-bond acceptors (Lipinski definition) is 1. The molecule has 0 amide bonds. The molecule has 1 unspecified atom stereocenters. The molecule has 1 aromatic carbocycles. The van der Waals surface area contributed by atoms with Gasteiger partial charge in [-0.15, -0.1) is 37.2 Å². The Balaban J connectivity index is 0. The van der Waals surface area contributed by atoms with Gasteiger partial charge in [0.25, 0.3) is 0 Å². The predicted molar refractivity (Wildman–Crippen MR) is 92.4 cm³/mol. The molecule has 1 aliphatic heterocycles. The van der Waals surface area contributed by atoms with Gasteiger partial charge in [-0.2, -0.15) is 0 Å². The first-order chi connectivity index (χ1) is 8.00. The Labute approximate surface area is 156 Å². The van der Waals surface area contributed by atoms with E-state index >= 15 is 0 Å². The minimum Gasteiger partial charge on any atom is -0.147 e. The quantitative estimate of drug-likeness (QED) is 0.588. The van der Waals surface area contributed by atoms with Gasteiger partial charge in [0, 0.05) is 0 Å². The zero-order valence-corrected chi connectivity index (χ0v) is 17.7. The van der Waals surface area contributed by atoms with Crippen molar-refractivity contribution in [3.63, 3.8) is 0 Å². The molecule has 2 rings (SSSR count). The summed E-state index contributed by atoms with van der Waals surface area (Å²) in [5.74, 6) is 1.01. The maximum Gasteiger partial charge on any atom is -0.147 e. The molecule has 0 saturated carbocycles. The summed E-state index contributed by atoms with van der Waals surface area (Å²) in [5.41, 5.74) is 4.30. The van der Waals surface area contributed by atoms with Crippen LogP contribution in [0.15, 0.2) is 35.4 Å². The summed E-state index contributed by atoms with van der Waals surface area (Å²) in [6.07, 6.45) is 0. The van der Waals surface area contributed by atoms with Crippen LogP contribution in [0.3, 0.4) is 0 Å². The number of rotatable bonds is 2. The summed E-state index contributed by atoms with van der Waals surface area (Å²) < 4.78 is 5.68. The largest absolute Gasteiger partial charge is 0.147 e. The molecule has 20 heavy (non-hydrogen) atoms. The van der Waals surface area contributed by atoms with E-state index in [0.29, 0.717) is 0 Å². The summed E-state index contributed by atoms with van der Waals surface area (Å²) in [7, 11) is 3.17. The molecule has 1 aromatic rings. The molecule has 1 atom stereocenters. The predicted octanol–water partition coefficient (Wildman–Crippen LogP) is 5.15. The van der Waals surface area contributed by atoms with Crippen LogP contribution in [-0.4, -0.2) is 12.4 Å². The van der Waals surface area contributed by atoms with Crippen LogP contribution in [0, 0.1) is 0 Å². The summed E-state index contributed by atoms with van der Waals surface area (Å²) >= 11 is 1.53. The van der Waals surface area contributed by atoms with Crippen LogP contribution in [0.4, 0.5) is 0 Å². The van der Waals surface area contributed by atoms with Crippen molar-refractivity contribution in [2.45, 2.75) is 23.6 Å². The van der Waals surface area contributed by atoms with Crippen LogP contribution in [0.2, 0.25) is 0 Å². The number of halogens is 3. The number of hydrogen-bond donors (Lipinski definition) is 0. The van der Waals surface area contributed by atoms with Crippen molar-refractivity contribution in [1.82, 2.24) is 0 Å². The second kappa shape index (κ2) is 8.97. The Morgan fingerprint density at radius 2 is 1.60 bits per heavy atom. The van der Waals surface area contributed by atoms with Gasteiger partial charge in [0.05, 0.1) is 0 Å². The Morgan fingerprint density at radius 1 is 1.05 bits per heavy atom. The van der Waals surface area contributed by atoms with E-state index in [1.54, 1.807) is 7.11 Å². The van der Waals surface area contributed by atoms with Gasteiger partial charge in [-0.1, -0.05) is 0 Å². The topological polar surface area (TPSA) is 9.23 Å². The third-order valence-electron chi connectivity index (χ3n) is 3.48. The zero-order valence-electron chi connectivity index (χ0n) is 11.9. The SMILES string of the molecule is COc1ccccc1[C]1([Zr])P=C(C)C(C)=C1C.Cl.Cl.Cl. The molecule has 0 N–H and O–H groups in total. The second-order valence-electron chi connectivity index (χ2n) is 4.36. The van der Waals surface area contributed by atoms with Gasteiger partial charge < -0.3 is 0 Å². The molecule has 6 heteroatoms. The van der Waals surface area contributed by atoms with Gasteiger partial charge in [0.15, 0.2) is 0 Å². The monoisotopic (exact) mass is 429 g/mol. The maximum atomic E-state index is 5.52. The molecular weight excluding hydrogens is 413 g/mol. The number of ether oxygens (including phenoxy) is 1. The Kier molecular flexibility index (Phi) is 10.3. The molecule has 0 bridgehead atoms. The van der Waals surface area contributed by atoms with Crippen molar-refractivity contribution in [1.29, 1.82) is 0 Å². The van der Waals surface area contributed by atoms with Crippen molar-refractivity contribution in [3.8, 4) is 5.75 Å². The van der Waals surface area contributed by atoms with Crippen molar-refractivity contribution in [2.24, 2.45) is 0 Å². The van der Waals surface area contributed by atoms with Crippen molar-refractivity contribution >= 4 is 50.7 Å². The second-order valence-corrected chi connectivity index (χ2v) is 8.80. The van der Waals surface area contributed by atoms with E-state index in [1.165, 1.54) is 54.9 Å². The van der Waals surface area contributed by atoms with Crippen LogP contribution in [0.5, 0.6) is 5.75 Å². The summed E-state index contributed by atoms with van der Waals surface area (Å²) in [5, 5.41) is 1.49. The van der Waals surface area contributed by atoms with E-state index in [2.05, 4.69) is 39.0 Å². The van der Waals surface area contributed by atoms with E-state index < -0.39 is 0 Å². The minimum absolute atomic E-state index is 0. The van der Waals surface area contributed by atoms with Crippen molar-refractivity contribution < 1.29 is 29.5 Å². The number of para-hydroxylation sites is 1. The van der Waals surface area contributed by atoms with Crippen LogP contribution >= 0.6 is 45.4 Å². The van der Waals surface area contributed by atoms with Gasteiger partial charge in [0.2, 0.25) is 0 Å². The first-order valence-electron chi connectivity index (χ1n) is 5.64. The Morgan fingerprint density at radius 3 is 2.05 bits per heavy atom. The zero-order chi connectivity index (χ0) is 12.6. The molecule has 0 aliphatic carbocycles. The summed E-state index contributed by atoms with van der Waals surface area (Å²) in [6.45, 7) is 6.74. The standard InChI is InChI=1S/C14H16OP.3ClH.Zr/c1-9-10(2)14(16-11(9)3)12-7-5-6-8-13(12)15-4;;;;/h5-8H,1-4H3;3*1H;. The molecule has 0 saturated heterocycles. The van der Waals surface area contributed by atoms with Gasteiger partial charge in [-0.05, 0) is 0 Å². The van der Waals surface area contributed by atoms with E-state index in [9.17, 15) is 0 Å². The average molecular weight is 432 g/mol. The number of allylic oxidation sites excluding steroid dienone is 2. The molecule has 1 aliphatic rings. The first kappa shape index (κ1) is 23.0. The number of benzene rings is 1. The smallest absolute Gasteiger partial charge is 0.147 e. The molecule has 0 fully saturated rings. The number of methoxy groups -OCH3 is 1. The molecule has 0 radical (unpaired) electrons. The van der Waals surface area contributed by atoms with Gasteiger partial charge in [-0.25, -0.2) is 0 Å². The average Bonchev–Trinajstić information content (AvgIpc) is 2.54. The third kappa shape index (κ3) is 3.90. The Hall–Kier alpha value is 0.683. The fourth-order valence-electron chi connectivity index (χ4n) is 2.17. The van der Waals surface area contributed by atoms with Gasteiger partial charge >= 0.3 is 120 Å². The van der Waals surface area contributed by atoms with Crippen LogP contribution < -0.4 is 4.74 Å². The fourth-order valence-corrected chi connectivity index (χ4v) is 5.85. The van der Waals surface area contributed by atoms with Gasteiger partial charge in [0.1, 0.15) is 0 Å². The van der Waals surface area contributed by atoms with E-state index in [4.69, 9.17) is 4.74 Å². The minimum atomic E-state index is 0. The first-order valence-corrected chi connectivity index (χ1v) is 7.76. The Bertz CT molecular complexity index is 531. The van der Waals surface area contributed by atoms with E-state index in [-0.39, 0.29) is 40.1 Å². The van der Waals surface area contributed by atoms with Crippen LogP contribution in [0.25, 0.3) is 0 Å².